The molecule has 0 bridgehead atoms. The van der Waals surface area contributed by atoms with Crippen LogP contribution in [0, 0.1) is 0 Å². The van der Waals surface area contributed by atoms with Crippen molar-refractivity contribution < 1.29 is 19.1 Å². The van der Waals surface area contributed by atoms with Gasteiger partial charge in [0.1, 0.15) is 11.1 Å². The first-order valence-corrected chi connectivity index (χ1v) is 6.49. The van der Waals surface area contributed by atoms with E-state index in [2.05, 4.69) is 4.99 Å². The Hall–Kier alpha value is -2.43. The molecule has 1 heterocycles. The fourth-order valence-electron chi connectivity index (χ4n) is 2.20. The van der Waals surface area contributed by atoms with Crippen LogP contribution < -0.4 is 0 Å². The van der Waals surface area contributed by atoms with Crippen molar-refractivity contribution in [3.63, 3.8) is 0 Å². The second kappa shape index (κ2) is 5.52. The normalized spacial score (nSPS) is 17.3. The van der Waals surface area contributed by atoms with Crippen LogP contribution in [-0.4, -0.2) is 37.4 Å². The van der Waals surface area contributed by atoms with E-state index < -0.39 is 11.5 Å². The number of benzene rings is 1. The molecular weight excluding hydrogens is 270 g/mol. The van der Waals surface area contributed by atoms with Crippen LogP contribution in [-0.2, 0) is 19.1 Å². The van der Waals surface area contributed by atoms with Crippen molar-refractivity contribution >= 4 is 23.2 Å². The Morgan fingerprint density at radius 1 is 1.14 bits per heavy atom. The van der Waals surface area contributed by atoms with Crippen molar-refractivity contribution in [3.8, 4) is 0 Å². The van der Waals surface area contributed by atoms with E-state index in [-0.39, 0.29) is 17.3 Å². The minimum Gasteiger partial charge on any atom is -0.481 e. The van der Waals surface area contributed by atoms with E-state index in [1.54, 1.807) is 26.0 Å². The van der Waals surface area contributed by atoms with E-state index in [1.165, 1.54) is 14.2 Å². The van der Waals surface area contributed by atoms with E-state index in [0.717, 1.165) is 0 Å². The maximum atomic E-state index is 12.6. The highest BCUT2D eigenvalue weighted by Gasteiger charge is 2.42. The lowest BCUT2D eigenvalue weighted by Gasteiger charge is -2.27. The molecule has 0 saturated heterocycles. The van der Waals surface area contributed by atoms with Gasteiger partial charge in [-0.15, -0.1) is 0 Å². The molecule has 0 N–H and O–H groups in total. The van der Waals surface area contributed by atoms with Crippen LogP contribution in [0.2, 0.25) is 0 Å². The molecule has 2 rings (SSSR count). The summed E-state index contributed by atoms with van der Waals surface area (Å²) in [4.78, 5) is 29.0. The topological polar surface area (TPSA) is 65.0 Å². The molecule has 0 spiro atoms. The zero-order chi connectivity index (χ0) is 15.6. The molecule has 1 aliphatic rings. The smallest absolute Gasteiger partial charge is 0.342 e. The first kappa shape index (κ1) is 15.0. The highest BCUT2D eigenvalue weighted by atomic mass is 16.5. The predicted octanol–water partition coefficient (Wildman–Crippen LogP) is 2.02. The lowest BCUT2D eigenvalue weighted by atomic mass is 9.85. The third-order valence-corrected chi connectivity index (χ3v) is 3.27. The first-order valence-electron chi connectivity index (χ1n) is 6.49. The second-order valence-corrected chi connectivity index (χ2v) is 5.12. The van der Waals surface area contributed by atoms with Crippen LogP contribution in [0.25, 0.3) is 5.57 Å². The molecule has 1 aliphatic heterocycles. The Bertz CT molecular complexity index is 642. The van der Waals surface area contributed by atoms with Gasteiger partial charge in [0.05, 0.1) is 19.8 Å². The van der Waals surface area contributed by atoms with Gasteiger partial charge < -0.3 is 9.47 Å². The number of methoxy groups -OCH3 is 2. The third kappa shape index (κ3) is 2.59. The van der Waals surface area contributed by atoms with Crippen molar-refractivity contribution in [1.82, 2.24) is 0 Å². The Morgan fingerprint density at radius 2 is 1.76 bits per heavy atom. The Kier molecular flexibility index (Phi) is 3.93. The highest BCUT2D eigenvalue weighted by molar-refractivity contribution is 6.38. The summed E-state index contributed by atoms with van der Waals surface area (Å²) in [6.45, 7) is 3.28. The Morgan fingerprint density at radius 3 is 2.29 bits per heavy atom. The number of rotatable bonds is 2. The van der Waals surface area contributed by atoms with Crippen LogP contribution in [0.3, 0.4) is 0 Å². The average molecular weight is 287 g/mol. The van der Waals surface area contributed by atoms with E-state index in [4.69, 9.17) is 9.47 Å². The van der Waals surface area contributed by atoms with Crippen LogP contribution >= 0.6 is 0 Å². The fraction of sp³-hybridized carbons (Fsp3) is 0.312. The number of ether oxygens (including phenoxy) is 2. The number of dihydropyridines is 1. The van der Waals surface area contributed by atoms with Gasteiger partial charge in [0, 0.05) is 0 Å². The van der Waals surface area contributed by atoms with Crippen molar-refractivity contribution in [2.75, 3.05) is 14.2 Å². The summed E-state index contributed by atoms with van der Waals surface area (Å²) in [6, 6.07) is 9.06. The minimum atomic E-state index is -1.06. The van der Waals surface area contributed by atoms with Crippen molar-refractivity contribution in [2.45, 2.75) is 19.4 Å². The largest absolute Gasteiger partial charge is 0.481 e. The molecule has 1 aromatic carbocycles. The van der Waals surface area contributed by atoms with Crippen LogP contribution in [0.15, 0.2) is 40.9 Å². The van der Waals surface area contributed by atoms with Crippen LogP contribution in [0.5, 0.6) is 0 Å². The van der Waals surface area contributed by atoms with Gasteiger partial charge in [-0.3, -0.25) is 4.79 Å². The Balaban J connectivity index is 2.76. The molecule has 0 aromatic heterocycles. The number of aliphatic imine (C=N–C) groups is 1. The van der Waals surface area contributed by atoms with Gasteiger partial charge in [-0.25, -0.2) is 9.79 Å². The average Bonchev–Trinajstić information content (AvgIpc) is 2.49. The standard InChI is InChI=1S/C16H17NO4/c1-16(2)13(18)12(15(19)21-4)11(14(17-16)20-3)10-8-6-5-7-9-10/h5-9H,1-4H3. The number of nitrogens with zero attached hydrogens (tertiary/aromatic N) is 1. The molecule has 5 nitrogen and oxygen atoms in total. The lowest BCUT2D eigenvalue weighted by molar-refractivity contribution is -0.138. The minimum absolute atomic E-state index is 0.0273. The first-order chi connectivity index (χ1) is 9.92. The number of carbonyl (C=O) groups is 2. The SMILES string of the molecule is COC(=O)C1=C(c2ccccc2)C(OC)=NC(C)(C)C1=O. The third-order valence-electron chi connectivity index (χ3n) is 3.27. The summed E-state index contributed by atoms with van der Waals surface area (Å²) in [7, 11) is 2.71. The zero-order valence-corrected chi connectivity index (χ0v) is 12.5. The van der Waals surface area contributed by atoms with Crippen molar-refractivity contribution in [3.05, 3.63) is 41.5 Å². The van der Waals surface area contributed by atoms with E-state index >= 15 is 0 Å². The number of carbonyl (C=O) groups excluding carboxylic acids is 2. The Labute approximate surface area is 123 Å². The van der Waals surface area contributed by atoms with Gasteiger partial charge in [0.2, 0.25) is 5.90 Å². The molecule has 0 unspecified atom stereocenters. The maximum Gasteiger partial charge on any atom is 0.342 e. The van der Waals surface area contributed by atoms with Gasteiger partial charge in [0.25, 0.3) is 0 Å². The summed E-state index contributed by atoms with van der Waals surface area (Å²) in [5.41, 5.74) is -0.0372. The molecular formula is C16H17NO4. The lowest BCUT2D eigenvalue weighted by Crippen LogP contribution is -2.40. The number of hydrogen-bond acceptors (Lipinski definition) is 5. The molecule has 0 radical (unpaired) electrons. The zero-order valence-electron chi connectivity index (χ0n) is 12.5. The molecule has 0 fully saturated rings. The van der Waals surface area contributed by atoms with Gasteiger partial charge in [-0.2, -0.15) is 0 Å². The number of esters is 1. The second-order valence-electron chi connectivity index (χ2n) is 5.12. The predicted molar refractivity (Wildman–Crippen MR) is 78.9 cm³/mol. The van der Waals surface area contributed by atoms with Gasteiger partial charge in [-0.1, -0.05) is 30.3 Å². The van der Waals surface area contributed by atoms with E-state index in [1.807, 2.05) is 18.2 Å². The molecule has 0 amide bonds. The van der Waals surface area contributed by atoms with Crippen molar-refractivity contribution in [2.24, 2.45) is 4.99 Å². The van der Waals surface area contributed by atoms with Crippen molar-refractivity contribution in [1.29, 1.82) is 0 Å². The van der Waals surface area contributed by atoms with Gasteiger partial charge in [0.15, 0.2) is 5.78 Å². The molecule has 0 aliphatic carbocycles. The molecule has 21 heavy (non-hydrogen) atoms. The quantitative estimate of drug-likeness (QED) is 0.616. The summed E-state index contributed by atoms with van der Waals surface area (Å²) in [5.74, 6) is -0.809. The number of ketones is 1. The summed E-state index contributed by atoms with van der Waals surface area (Å²) < 4.78 is 10.1. The molecule has 0 atom stereocenters. The molecule has 0 saturated carbocycles. The van der Waals surface area contributed by atoms with Crippen LogP contribution in [0.4, 0.5) is 0 Å². The highest BCUT2D eigenvalue weighted by Crippen LogP contribution is 2.32. The van der Waals surface area contributed by atoms with Gasteiger partial charge >= 0.3 is 5.97 Å². The molecule has 110 valence electrons. The fourth-order valence-corrected chi connectivity index (χ4v) is 2.20. The van der Waals surface area contributed by atoms with Crippen LogP contribution in [0.1, 0.15) is 19.4 Å². The van der Waals surface area contributed by atoms with Gasteiger partial charge in [-0.05, 0) is 19.4 Å². The number of hydrogen-bond donors (Lipinski definition) is 0. The van der Waals surface area contributed by atoms with E-state index in [9.17, 15) is 9.59 Å². The monoisotopic (exact) mass is 287 g/mol. The summed E-state index contributed by atoms with van der Waals surface area (Å²) >= 11 is 0. The molecule has 1 aromatic rings. The summed E-state index contributed by atoms with van der Waals surface area (Å²) in [6.07, 6.45) is 0. The number of Topliss-reactive ketones (excluding diaryl/α,β-unsaturated/α-hetero) is 1. The maximum absolute atomic E-state index is 12.6. The van der Waals surface area contributed by atoms with E-state index in [0.29, 0.717) is 11.1 Å². The molecule has 5 heteroatoms. The summed E-state index contributed by atoms with van der Waals surface area (Å²) in [5, 5.41) is 0.